The Kier molecular flexibility index (Phi) is 6.61. The fraction of sp³-hybridized carbons (Fsp3) is 0.231. The first kappa shape index (κ1) is 24.9. The van der Waals surface area contributed by atoms with Crippen LogP contribution in [0.4, 0.5) is 20.5 Å². The molecule has 0 unspecified atom stereocenters. The average Bonchev–Trinajstić information content (AvgIpc) is 3.58. The molecule has 4 heterocycles. The highest BCUT2D eigenvalue weighted by atomic mass is 35.5. The van der Waals surface area contributed by atoms with Crippen LogP contribution in [-0.4, -0.2) is 52.7 Å². The number of pyridine rings is 2. The number of nitrogens with one attached hydrogen (secondary N) is 2. The molecule has 0 radical (unpaired) electrons. The molecule has 1 aromatic carbocycles. The van der Waals surface area contributed by atoms with Crippen LogP contribution in [0, 0.1) is 0 Å². The number of nitrogens with zero attached hydrogens (tertiary/aromatic N) is 7. The van der Waals surface area contributed by atoms with Crippen LogP contribution < -0.4 is 15.4 Å². The molecule has 0 saturated heterocycles. The van der Waals surface area contributed by atoms with Gasteiger partial charge in [-0.15, -0.1) is 0 Å². The van der Waals surface area contributed by atoms with Crippen molar-refractivity contribution < 1.29 is 13.5 Å². The molecule has 39 heavy (non-hydrogen) atoms. The maximum Gasteiger partial charge on any atom is 0.338 e. The summed E-state index contributed by atoms with van der Waals surface area (Å²) in [5.41, 5.74) is 3.96. The number of halogens is 3. The molecule has 6 rings (SSSR count). The zero-order valence-electron chi connectivity index (χ0n) is 20.4. The van der Waals surface area contributed by atoms with Gasteiger partial charge in [0.25, 0.3) is 0 Å². The molecule has 0 aliphatic heterocycles. The number of alkyl halides is 3. The summed E-state index contributed by atoms with van der Waals surface area (Å²) in [6.45, 7) is -0.425. The molecule has 0 atom stereocenters. The molecule has 0 spiro atoms. The van der Waals surface area contributed by atoms with Gasteiger partial charge < -0.3 is 15.4 Å². The van der Waals surface area contributed by atoms with Crippen molar-refractivity contribution in [3.63, 3.8) is 0 Å². The van der Waals surface area contributed by atoms with E-state index in [2.05, 4.69) is 40.7 Å². The first-order valence-corrected chi connectivity index (χ1v) is 12.6. The van der Waals surface area contributed by atoms with Crippen LogP contribution in [0.3, 0.4) is 0 Å². The minimum Gasteiger partial charge on any atom is -0.474 e. The molecule has 1 aliphatic carbocycles. The van der Waals surface area contributed by atoms with Crippen LogP contribution in [0.5, 0.6) is 5.88 Å². The largest absolute Gasteiger partial charge is 0.474 e. The Hall–Kier alpha value is -4.45. The minimum absolute atomic E-state index is 0.132. The number of rotatable bonds is 10. The summed E-state index contributed by atoms with van der Waals surface area (Å²) in [5.74, 6) is 0.940. The van der Waals surface area contributed by atoms with Gasteiger partial charge in [0.05, 0.1) is 23.4 Å². The van der Waals surface area contributed by atoms with Crippen LogP contribution in [0.25, 0.3) is 28.0 Å². The number of hydrogen-bond donors (Lipinski definition) is 2. The molecule has 10 nitrogen and oxygen atoms in total. The van der Waals surface area contributed by atoms with Gasteiger partial charge in [-0.2, -0.15) is 18.9 Å². The van der Waals surface area contributed by atoms with Gasteiger partial charge >= 0.3 is 5.38 Å². The smallest absolute Gasteiger partial charge is 0.338 e. The van der Waals surface area contributed by atoms with Gasteiger partial charge in [-0.1, -0.05) is 12.1 Å². The third kappa shape index (κ3) is 6.17. The number of anilines is 2. The van der Waals surface area contributed by atoms with Gasteiger partial charge in [0.2, 0.25) is 11.8 Å². The summed E-state index contributed by atoms with van der Waals surface area (Å²) in [6.07, 6.45) is 7.07. The lowest BCUT2D eigenvalue weighted by Gasteiger charge is -2.14. The summed E-state index contributed by atoms with van der Waals surface area (Å²) < 4.78 is 34.3. The van der Waals surface area contributed by atoms with Gasteiger partial charge in [-0.05, 0) is 60.3 Å². The first-order valence-electron chi connectivity index (χ1n) is 12.2. The lowest BCUT2D eigenvalue weighted by atomic mass is 10.2. The summed E-state index contributed by atoms with van der Waals surface area (Å²) in [7, 11) is 0. The lowest BCUT2D eigenvalue weighted by Crippen LogP contribution is -2.21. The van der Waals surface area contributed by atoms with Gasteiger partial charge in [0.15, 0.2) is 5.82 Å². The van der Waals surface area contributed by atoms with Crippen molar-refractivity contribution in [2.75, 3.05) is 17.2 Å². The first-order chi connectivity index (χ1) is 18.9. The average molecular weight is 550 g/mol. The minimum atomic E-state index is -3.46. The van der Waals surface area contributed by atoms with E-state index in [0.29, 0.717) is 29.2 Å². The predicted octanol–water partition coefficient (Wildman–Crippen LogP) is 5.06. The van der Waals surface area contributed by atoms with Crippen LogP contribution in [0.2, 0.25) is 0 Å². The topological polar surface area (TPSA) is 116 Å². The molecule has 0 bridgehead atoms. The quantitative estimate of drug-likeness (QED) is 0.230. The third-order valence-electron chi connectivity index (χ3n) is 5.91. The molecule has 0 amide bonds. The number of ether oxygens (including phenoxy) is 1. The molecule has 198 valence electrons. The molecule has 5 aromatic rings. The number of fused-ring (bicyclic) bond motifs is 1. The highest BCUT2D eigenvalue weighted by Crippen LogP contribution is 2.29. The van der Waals surface area contributed by atoms with E-state index in [0.717, 1.165) is 29.7 Å². The standard InChI is InChI=1S/C26H22ClF2N9O/c27-26(28,29)13-33-24-23-21(9-8-20(35-23)17-3-10-22(31-12-17)39-19-6-7-19)36-25(37-24)32-11-16-1-4-18(5-2-16)38-15-30-14-34-38/h1-5,8-10,12,14-15,19H,6-7,11,13H2,(H2,32,33,36,37). The zero-order chi connectivity index (χ0) is 26.8. The van der Waals surface area contributed by atoms with Crippen molar-refractivity contribution in [2.24, 2.45) is 0 Å². The van der Waals surface area contributed by atoms with Crippen molar-refractivity contribution in [3.05, 3.63) is 72.9 Å². The maximum absolute atomic E-state index is 13.5. The van der Waals surface area contributed by atoms with E-state index < -0.39 is 11.9 Å². The molecule has 1 aliphatic rings. The highest BCUT2D eigenvalue weighted by Gasteiger charge is 2.25. The van der Waals surface area contributed by atoms with E-state index in [4.69, 9.17) is 16.3 Å². The van der Waals surface area contributed by atoms with E-state index in [9.17, 15) is 8.78 Å². The second-order valence-electron chi connectivity index (χ2n) is 8.99. The SMILES string of the molecule is FC(F)(Cl)CNc1nc(NCc2ccc(-n3cncn3)cc2)nc2ccc(-c3ccc(OC4CC4)nc3)nc12. The maximum atomic E-state index is 13.5. The Bertz CT molecular complexity index is 1570. The van der Waals surface area contributed by atoms with Gasteiger partial charge in [0.1, 0.15) is 24.3 Å². The van der Waals surface area contributed by atoms with Gasteiger partial charge in [-0.3, -0.25) is 0 Å². The van der Waals surface area contributed by atoms with Crippen LogP contribution >= 0.6 is 11.6 Å². The molecule has 2 N–H and O–H groups in total. The van der Waals surface area contributed by atoms with E-state index in [1.54, 1.807) is 35.4 Å². The van der Waals surface area contributed by atoms with Gasteiger partial charge in [0, 0.05) is 24.4 Å². The Balaban J connectivity index is 1.24. The van der Waals surface area contributed by atoms with Gasteiger partial charge in [-0.25, -0.2) is 24.6 Å². The predicted molar refractivity (Wildman–Crippen MR) is 142 cm³/mol. The van der Waals surface area contributed by atoms with Crippen LogP contribution in [-0.2, 0) is 6.54 Å². The van der Waals surface area contributed by atoms with E-state index in [-0.39, 0.29) is 17.9 Å². The summed E-state index contributed by atoms with van der Waals surface area (Å²) in [4.78, 5) is 21.9. The normalized spacial score (nSPS) is 13.4. The summed E-state index contributed by atoms with van der Waals surface area (Å²) >= 11 is 5.14. The molecule has 1 saturated carbocycles. The number of hydrogen-bond acceptors (Lipinski definition) is 9. The third-order valence-corrected chi connectivity index (χ3v) is 6.05. The summed E-state index contributed by atoms with van der Waals surface area (Å²) in [6, 6.07) is 14.9. The second-order valence-corrected chi connectivity index (χ2v) is 9.54. The Labute approximate surface area is 226 Å². The van der Waals surface area contributed by atoms with E-state index in [1.165, 1.54) is 6.33 Å². The van der Waals surface area contributed by atoms with E-state index >= 15 is 0 Å². The zero-order valence-corrected chi connectivity index (χ0v) is 21.2. The van der Waals surface area contributed by atoms with Crippen LogP contribution in [0.15, 0.2) is 67.4 Å². The van der Waals surface area contributed by atoms with Crippen molar-refractivity contribution in [1.29, 1.82) is 0 Å². The van der Waals surface area contributed by atoms with Crippen molar-refractivity contribution in [2.45, 2.75) is 30.9 Å². The summed E-state index contributed by atoms with van der Waals surface area (Å²) in [5, 5.41) is 6.41. The van der Waals surface area contributed by atoms with Crippen molar-refractivity contribution >= 4 is 34.4 Å². The number of benzene rings is 1. The molecule has 4 aromatic heterocycles. The fourth-order valence-electron chi connectivity index (χ4n) is 3.81. The van der Waals surface area contributed by atoms with Crippen molar-refractivity contribution in [1.82, 2.24) is 34.7 Å². The van der Waals surface area contributed by atoms with Crippen LogP contribution in [0.1, 0.15) is 18.4 Å². The Morgan fingerprint density at radius 3 is 2.54 bits per heavy atom. The molecule has 1 fully saturated rings. The molecule has 13 heteroatoms. The fourth-order valence-corrected chi connectivity index (χ4v) is 3.88. The monoisotopic (exact) mass is 549 g/mol. The Morgan fingerprint density at radius 2 is 1.85 bits per heavy atom. The lowest BCUT2D eigenvalue weighted by molar-refractivity contribution is 0.111. The molecular weight excluding hydrogens is 528 g/mol. The van der Waals surface area contributed by atoms with Crippen molar-refractivity contribution in [3.8, 4) is 22.8 Å². The second kappa shape index (κ2) is 10.4. The number of aromatic nitrogens is 7. The highest BCUT2D eigenvalue weighted by molar-refractivity contribution is 6.22. The van der Waals surface area contributed by atoms with E-state index in [1.807, 2.05) is 30.3 Å². The Morgan fingerprint density at radius 1 is 1.00 bits per heavy atom. The molecular formula is C26H22ClF2N9O.